The Morgan fingerprint density at radius 3 is 2.12 bits per heavy atom. The summed E-state index contributed by atoms with van der Waals surface area (Å²) in [5, 5.41) is 0. The Balaban J connectivity index is 1.87. The molecule has 1 atom stereocenters. The van der Waals surface area contributed by atoms with Gasteiger partial charge in [0.15, 0.2) is 11.0 Å². The standard InChI is InChI=1S/C19H18N2O3S2/c1-21(17-11-6-3-7-12-17)25(22)18-13-8-14-19(15-18)26(23,24)20-16-9-4-2-5-10-16/h2-15,20H,1H3. The zero-order valence-electron chi connectivity index (χ0n) is 14.1. The fourth-order valence-corrected chi connectivity index (χ4v) is 4.59. The van der Waals surface area contributed by atoms with E-state index in [1.165, 1.54) is 12.1 Å². The molecule has 1 N–H and O–H groups in total. The third-order valence-electron chi connectivity index (χ3n) is 3.71. The van der Waals surface area contributed by atoms with Crippen LogP contribution in [0.5, 0.6) is 0 Å². The fourth-order valence-electron chi connectivity index (χ4n) is 2.36. The minimum absolute atomic E-state index is 0.0636. The lowest BCUT2D eigenvalue weighted by atomic mass is 10.3. The van der Waals surface area contributed by atoms with E-state index in [1.807, 2.05) is 30.3 Å². The van der Waals surface area contributed by atoms with Crippen LogP contribution in [0, 0.1) is 0 Å². The normalized spacial score (nSPS) is 12.3. The third kappa shape index (κ3) is 4.12. The maximum absolute atomic E-state index is 12.8. The second-order valence-electron chi connectivity index (χ2n) is 5.53. The van der Waals surface area contributed by atoms with Crippen molar-refractivity contribution in [2.75, 3.05) is 16.1 Å². The fraction of sp³-hybridized carbons (Fsp3) is 0.0526. The first-order chi connectivity index (χ1) is 12.5. The average molecular weight is 386 g/mol. The van der Waals surface area contributed by atoms with Crippen LogP contribution < -0.4 is 9.03 Å². The monoisotopic (exact) mass is 386 g/mol. The number of anilines is 2. The predicted octanol–water partition coefficient (Wildman–Crippen LogP) is 3.65. The molecule has 0 saturated heterocycles. The Hall–Kier alpha value is -2.64. The van der Waals surface area contributed by atoms with Gasteiger partial charge in [-0.05, 0) is 42.5 Å². The molecule has 0 aliphatic heterocycles. The van der Waals surface area contributed by atoms with E-state index in [2.05, 4.69) is 4.72 Å². The highest BCUT2D eigenvalue weighted by molar-refractivity contribution is 7.92. The molecule has 3 aromatic rings. The molecule has 3 aromatic carbocycles. The number of nitrogens with zero attached hydrogens (tertiary/aromatic N) is 1. The van der Waals surface area contributed by atoms with Gasteiger partial charge in [0, 0.05) is 18.4 Å². The van der Waals surface area contributed by atoms with Gasteiger partial charge in [0.2, 0.25) is 0 Å². The molecule has 3 rings (SSSR count). The Labute approximate surface area is 155 Å². The molecule has 0 radical (unpaired) electrons. The summed E-state index contributed by atoms with van der Waals surface area (Å²) in [6.45, 7) is 0. The maximum Gasteiger partial charge on any atom is 0.261 e. The van der Waals surface area contributed by atoms with Crippen LogP contribution in [0.3, 0.4) is 0 Å². The van der Waals surface area contributed by atoms with E-state index in [4.69, 9.17) is 0 Å². The van der Waals surface area contributed by atoms with Gasteiger partial charge >= 0.3 is 0 Å². The molecule has 0 heterocycles. The number of rotatable bonds is 6. The van der Waals surface area contributed by atoms with Gasteiger partial charge in [-0.1, -0.05) is 42.5 Å². The number of sulfonamides is 1. The van der Waals surface area contributed by atoms with E-state index in [9.17, 15) is 12.6 Å². The van der Waals surface area contributed by atoms with Gasteiger partial charge in [-0.2, -0.15) is 0 Å². The maximum atomic E-state index is 12.8. The van der Waals surface area contributed by atoms with Crippen LogP contribution in [0.4, 0.5) is 11.4 Å². The molecule has 0 aliphatic rings. The summed E-state index contributed by atoms with van der Waals surface area (Å²) < 4.78 is 42.1. The predicted molar refractivity (Wildman–Crippen MR) is 105 cm³/mol. The lowest BCUT2D eigenvalue weighted by Crippen LogP contribution is -2.21. The molecule has 0 fully saturated rings. The van der Waals surface area contributed by atoms with Crippen molar-refractivity contribution in [3.63, 3.8) is 0 Å². The van der Waals surface area contributed by atoms with Crippen LogP contribution in [0.15, 0.2) is 94.7 Å². The molecule has 134 valence electrons. The first-order valence-electron chi connectivity index (χ1n) is 7.86. The Morgan fingerprint density at radius 1 is 0.846 bits per heavy atom. The number of hydrogen-bond acceptors (Lipinski definition) is 3. The summed E-state index contributed by atoms with van der Waals surface area (Å²) in [7, 11) is -3.59. The molecule has 0 spiro atoms. The number of benzene rings is 3. The van der Waals surface area contributed by atoms with E-state index in [0.717, 1.165) is 5.69 Å². The van der Waals surface area contributed by atoms with Crippen molar-refractivity contribution in [3.05, 3.63) is 84.9 Å². The van der Waals surface area contributed by atoms with Crippen LogP contribution in [-0.4, -0.2) is 19.7 Å². The summed E-state index contributed by atoms with van der Waals surface area (Å²) in [5.74, 6) is 0. The summed E-state index contributed by atoms with van der Waals surface area (Å²) in [4.78, 5) is 0.473. The highest BCUT2D eigenvalue weighted by Gasteiger charge is 2.18. The topological polar surface area (TPSA) is 66.5 Å². The quantitative estimate of drug-likeness (QED) is 0.703. The van der Waals surface area contributed by atoms with Crippen LogP contribution in [-0.2, 0) is 21.0 Å². The SMILES string of the molecule is CN(c1ccccc1)S(=O)c1cccc(S(=O)(=O)Nc2ccccc2)c1. The summed E-state index contributed by atoms with van der Waals surface area (Å²) >= 11 is 0. The molecular weight excluding hydrogens is 368 g/mol. The van der Waals surface area contributed by atoms with Crippen LogP contribution >= 0.6 is 0 Å². The molecular formula is C19H18N2O3S2. The number of hydrogen-bond donors (Lipinski definition) is 1. The summed E-state index contributed by atoms with van der Waals surface area (Å²) in [6.07, 6.45) is 0. The first-order valence-corrected chi connectivity index (χ1v) is 10.4. The minimum atomic E-state index is -3.76. The lowest BCUT2D eigenvalue weighted by Gasteiger charge is -2.18. The van der Waals surface area contributed by atoms with Gasteiger partial charge in [0.25, 0.3) is 10.0 Å². The minimum Gasteiger partial charge on any atom is -0.291 e. The molecule has 5 nitrogen and oxygen atoms in total. The van der Waals surface area contributed by atoms with Gasteiger partial charge in [0.1, 0.15) is 0 Å². The van der Waals surface area contributed by atoms with Crippen molar-refractivity contribution >= 4 is 32.4 Å². The van der Waals surface area contributed by atoms with Gasteiger partial charge in [-0.15, -0.1) is 0 Å². The number of nitrogens with one attached hydrogen (secondary N) is 1. The molecule has 0 aliphatic carbocycles. The zero-order chi connectivity index (χ0) is 18.6. The van der Waals surface area contributed by atoms with Crippen LogP contribution in [0.25, 0.3) is 0 Å². The number of para-hydroxylation sites is 2. The molecule has 0 amide bonds. The van der Waals surface area contributed by atoms with E-state index < -0.39 is 21.0 Å². The summed E-state index contributed by atoms with van der Waals surface area (Å²) in [6, 6.07) is 24.1. The van der Waals surface area contributed by atoms with Crippen molar-refractivity contribution in [2.45, 2.75) is 9.79 Å². The molecule has 0 bridgehead atoms. The van der Waals surface area contributed by atoms with Crippen LogP contribution in [0.1, 0.15) is 0 Å². The smallest absolute Gasteiger partial charge is 0.261 e. The highest BCUT2D eigenvalue weighted by atomic mass is 32.2. The Morgan fingerprint density at radius 2 is 1.46 bits per heavy atom. The first kappa shape index (κ1) is 18.2. The molecule has 0 saturated carbocycles. The average Bonchev–Trinajstić information content (AvgIpc) is 2.68. The lowest BCUT2D eigenvalue weighted by molar-refractivity contribution is 0.601. The summed E-state index contributed by atoms with van der Waals surface area (Å²) in [5.41, 5.74) is 1.25. The Bertz CT molecular complexity index is 1010. The van der Waals surface area contributed by atoms with E-state index in [-0.39, 0.29) is 4.90 Å². The van der Waals surface area contributed by atoms with E-state index in [0.29, 0.717) is 10.6 Å². The highest BCUT2D eigenvalue weighted by Crippen LogP contribution is 2.22. The van der Waals surface area contributed by atoms with E-state index in [1.54, 1.807) is 53.8 Å². The molecule has 0 aromatic heterocycles. The largest absolute Gasteiger partial charge is 0.291 e. The van der Waals surface area contributed by atoms with Gasteiger partial charge in [-0.3, -0.25) is 9.03 Å². The van der Waals surface area contributed by atoms with E-state index >= 15 is 0 Å². The van der Waals surface area contributed by atoms with Crippen molar-refractivity contribution in [1.29, 1.82) is 0 Å². The molecule has 1 unspecified atom stereocenters. The van der Waals surface area contributed by atoms with Crippen molar-refractivity contribution in [3.8, 4) is 0 Å². The second kappa shape index (κ2) is 7.72. The zero-order valence-corrected chi connectivity index (χ0v) is 15.7. The van der Waals surface area contributed by atoms with Gasteiger partial charge < -0.3 is 0 Å². The van der Waals surface area contributed by atoms with Crippen molar-refractivity contribution in [2.24, 2.45) is 0 Å². The van der Waals surface area contributed by atoms with Gasteiger partial charge in [-0.25, -0.2) is 12.6 Å². The molecule has 26 heavy (non-hydrogen) atoms. The third-order valence-corrected chi connectivity index (χ3v) is 6.46. The Kier molecular flexibility index (Phi) is 5.39. The van der Waals surface area contributed by atoms with Crippen molar-refractivity contribution in [1.82, 2.24) is 0 Å². The van der Waals surface area contributed by atoms with Crippen molar-refractivity contribution < 1.29 is 12.6 Å². The van der Waals surface area contributed by atoms with Gasteiger partial charge in [0.05, 0.1) is 9.79 Å². The molecule has 7 heteroatoms. The second-order valence-corrected chi connectivity index (χ2v) is 8.73. The van der Waals surface area contributed by atoms with Crippen LogP contribution in [0.2, 0.25) is 0 Å².